The first-order valence-corrected chi connectivity index (χ1v) is 4.68. The maximum Gasteiger partial charge on any atom is 0.224 e. The SMILES string of the molecule is CCCCC(=O)Nc1ccccc1.[K]. The van der Waals surface area contributed by atoms with Gasteiger partial charge in [0, 0.05) is 63.5 Å². The number of para-hydroxylation sites is 1. The first-order valence-electron chi connectivity index (χ1n) is 4.68. The van der Waals surface area contributed by atoms with Gasteiger partial charge in [0.05, 0.1) is 0 Å². The maximum absolute atomic E-state index is 11.3. The summed E-state index contributed by atoms with van der Waals surface area (Å²) >= 11 is 0. The molecule has 0 bridgehead atoms. The Morgan fingerprint density at radius 3 is 2.50 bits per heavy atom. The van der Waals surface area contributed by atoms with E-state index in [1.165, 1.54) is 0 Å². The molecule has 0 aliphatic carbocycles. The second kappa shape index (κ2) is 8.62. The fourth-order valence-electron chi connectivity index (χ4n) is 1.08. The maximum atomic E-state index is 11.3. The standard InChI is InChI=1S/C11H15NO.K/c1-2-3-9-11(13)12-10-7-5-4-6-8-10;/h4-8H,2-3,9H2,1H3,(H,12,13);. The van der Waals surface area contributed by atoms with Crippen LogP contribution in [-0.2, 0) is 4.79 Å². The molecule has 0 aliphatic rings. The Morgan fingerprint density at radius 1 is 1.29 bits per heavy atom. The Hall–Kier alpha value is 0.326. The fourth-order valence-corrected chi connectivity index (χ4v) is 1.08. The predicted octanol–water partition coefficient (Wildman–Crippen LogP) is 2.43. The van der Waals surface area contributed by atoms with E-state index in [-0.39, 0.29) is 57.3 Å². The number of carbonyl (C=O) groups is 1. The number of anilines is 1. The first kappa shape index (κ1) is 14.3. The third-order valence-electron chi connectivity index (χ3n) is 1.81. The molecule has 0 fully saturated rings. The summed E-state index contributed by atoms with van der Waals surface area (Å²) in [5.41, 5.74) is 0.878. The summed E-state index contributed by atoms with van der Waals surface area (Å²) in [6, 6.07) is 9.54. The fraction of sp³-hybridized carbons (Fsp3) is 0.364. The minimum absolute atomic E-state index is 0. The Balaban J connectivity index is 0.00000169. The van der Waals surface area contributed by atoms with Gasteiger partial charge in [-0.25, -0.2) is 0 Å². The van der Waals surface area contributed by atoms with E-state index in [0.717, 1.165) is 18.5 Å². The van der Waals surface area contributed by atoms with Crippen molar-refractivity contribution in [3.8, 4) is 0 Å². The van der Waals surface area contributed by atoms with E-state index < -0.39 is 0 Å². The van der Waals surface area contributed by atoms with Gasteiger partial charge in [-0.05, 0) is 18.6 Å². The normalized spacial score (nSPS) is 8.93. The van der Waals surface area contributed by atoms with Gasteiger partial charge in [0.25, 0.3) is 0 Å². The number of unbranched alkanes of at least 4 members (excludes halogenated alkanes) is 1. The van der Waals surface area contributed by atoms with E-state index in [1.807, 2.05) is 30.3 Å². The molecule has 1 N–H and O–H groups in total. The van der Waals surface area contributed by atoms with Crippen LogP contribution in [0, 0.1) is 0 Å². The molecular formula is C11H15KNO. The summed E-state index contributed by atoms with van der Waals surface area (Å²) in [6.45, 7) is 2.08. The molecule has 1 amide bonds. The number of amides is 1. The number of rotatable bonds is 4. The van der Waals surface area contributed by atoms with Gasteiger partial charge in [-0.1, -0.05) is 31.5 Å². The van der Waals surface area contributed by atoms with E-state index in [2.05, 4.69) is 12.2 Å². The molecule has 0 heterocycles. The minimum atomic E-state index is 0. The zero-order valence-electron chi connectivity index (χ0n) is 8.92. The molecule has 1 rings (SSSR count). The van der Waals surface area contributed by atoms with Crippen molar-refractivity contribution in [3.05, 3.63) is 30.3 Å². The quantitative estimate of drug-likeness (QED) is 0.770. The van der Waals surface area contributed by atoms with Crippen LogP contribution >= 0.6 is 0 Å². The average Bonchev–Trinajstić information content (AvgIpc) is 2.16. The van der Waals surface area contributed by atoms with Crippen molar-refractivity contribution in [1.82, 2.24) is 0 Å². The van der Waals surface area contributed by atoms with Crippen LogP contribution < -0.4 is 5.32 Å². The van der Waals surface area contributed by atoms with Crippen molar-refractivity contribution in [2.75, 3.05) is 5.32 Å². The van der Waals surface area contributed by atoms with Crippen LogP contribution in [0.4, 0.5) is 5.69 Å². The van der Waals surface area contributed by atoms with Crippen molar-refractivity contribution in [1.29, 1.82) is 0 Å². The van der Waals surface area contributed by atoms with Crippen LogP contribution in [0.2, 0.25) is 0 Å². The average molecular weight is 216 g/mol. The molecule has 0 aliphatic heterocycles. The molecule has 0 unspecified atom stereocenters. The third kappa shape index (κ3) is 5.93. The number of benzene rings is 1. The van der Waals surface area contributed by atoms with Crippen LogP contribution in [0.25, 0.3) is 0 Å². The van der Waals surface area contributed by atoms with Crippen molar-refractivity contribution in [3.63, 3.8) is 0 Å². The summed E-state index contributed by atoms with van der Waals surface area (Å²) in [5, 5.41) is 2.84. The van der Waals surface area contributed by atoms with Crippen molar-refractivity contribution < 1.29 is 4.79 Å². The van der Waals surface area contributed by atoms with Crippen LogP contribution in [0.3, 0.4) is 0 Å². The molecule has 0 atom stereocenters. The molecule has 1 aromatic carbocycles. The van der Waals surface area contributed by atoms with Gasteiger partial charge in [-0.3, -0.25) is 4.79 Å². The zero-order valence-corrected chi connectivity index (χ0v) is 12.0. The van der Waals surface area contributed by atoms with Crippen LogP contribution in [0.5, 0.6) is 0 Å². The predicted molar refractivity (Wildman–Crippen MR) is 60.4 cm³/mol. The summed E-state index contributed by atoms with van der Waals surface area (Å²) in [5.74, 6) is 0.105. The van der Waals surface area contributed by atoms with Gasteiger partial charge < -0.3 is 5.32 Å². The monoisotopic (exact) mass is 216 g/mol. The van der Waals surface area contributed by atoms with Gasteiger partial charge in [0.15, 0.2) is 0 Å². The number of carbonyl (C=O) groups excluding carboxylic acids is 1. The van der Waals surface area contributed by atoms with E-state index in [9.17, 15) is 4.79 Å². The van der Waals surface area contributed by atoms with Crippen LogP contribution in [-0.4, -0.2) is 57.3 Å². The van der Waals surface area contributed by atoms with E-state index in [1.54, 1.807) is 0 Å². The third-order valence-corrected chi connectivity index (χ3v) is 1.81. The Bertz CT molecular complexity index is 261. The summed E-state index contributed by atoms with van der Waals surface area (Å²) in [4.78, 5) is 11.3. The molecule has 0 spiro atoms. The molecular weight excluding hydrogens is 201 g/mol. The molecule has 1 aromatic rings. The largest absolute Gasteiger partial charge is 0.326 e. The molecule has 0 saturated carbocycles. The number of hydrogen-bond acceptors (Lipinski definition) is 1. The van der Waals surface area contributed by atoms with Crippen LogP contribution in [0.1, 0.15) is 26.2 Å². The van der Waals surface area contributed by atoms with E-state index in [4.69, 9.17) is 0 Å². The second-order valence-corrected chi connectivity index (χ2v) is 3.02. The Labute approximate surface area is 128 Å². The molecule has 0 aromatic heterocycles. The summed E-state index contributed by atoms with van der Waals surface area (Å²) < 4.78 is 0. The first-order chi connectivity index (χ1) is 6.33. The molecule has 14 heavy (non-hydrogen) atoms. The van der Waals surface area contributed by atoms with Gasteiger partial charge in [-0.2, -0.15) is 0 Å². The van der Waals surface area contributed by atoms with Gasteiger partial charge >= 0.3 is 0 Å². The van der Waals surface area contributed by atoms with E-state index >= 15 is 0 Å². The van der Waals surface area contributed by atoms with Crippen molar-refractivity contribution in [2.45, 2.75) is 26.2 Å². The zero-order chi connectivity index (χ0) is 9.52. The van der Waals surface area contributed by atoms with Gasteiger partial charge in [0.1, 0.15) is 0 Å². The van der Waals surface area contributed by atoms with E-state index in [0.29, 0.717) is 6.42 Å². The molecule has 71 valence electrons. The minimum Gasteiger partial charge on any atom is -0.326 e. The van der Waals surface area contributed by atoms with Crippen molar-refractivity contribution >= 4 is 63.0 Å². The summed E-state index contributed by atoms with van der Waals surface area (Å²) in [6.07, 6.45) is 2.63. The molecule has 1 radical (unpaired) electrons. The Morgan fingerprint density at radius 2 is 1.93 bits per heavy atom. The van der Waals surface area contributed by atoms with Gasteiger partial charge in [-0.15, -0.1) is 0 Å². The molecule has 3 heteroatoms. The summed E-state index contributed by atoms with van der Waals surface area (Å²) in [7, 11) is 0. The number of nitrogens with one attached hydrogen (secondary N) is 1. The van der Waals surface area contributed by atoms with Gasteiger partial charge in [0.2, 0.25) is 5.91 Å². The molecule has 0 saturated heterocycles. The van der Waals surface area contributed by atoms with Crippen LogP contribution in [0.15, 0.2) is 30.3 Å². The second-order valence-electron chi connectivity index (χ2n) is 3.02. The van der Waals surface area contributed by atoms with Crippen molar-refractivity contribution in [2.24, 2.45) is 0 Å². The topological polar surface area (TPSA) is 29.1 Å². The Kier molecular flexibility index (Phi) is 8.82. The number of hydrogen-bond donors (Lipinski definition) is 1. The molecule has 2 nitrogen and oxygen atoms in total. The smallest absolute Gasteiger partial charge is 0.224 e.